The second-order valence-electron chi connectivity index (χ2n) is 2.24. The van der Waals surface area contributed by atoms with Crippen molar-refractivity contribution in [3.8, 4) is 0 Å². The maximum absolute atomic E-state index is 10.8. The van der Waals surface area contributed by atoms with Gasteiger partial charge in [-0.3, -0.25) is 4.21 Å². The fourth-order valence-corrected chi connectivity index (χ4v) is 1.29. The first kappa shape index (κ1) is 13.7. The van der Waals surface area contributed by atoms with Gasteiger partial charge in [0.05, 0.1) is 0 Å². The summed E-state index contributed by atoms with van der Waals surface area (Å²) in [4.78, 5) is 2.05. The number of hydrogen-bond acceptors (Lipinski definition) is 2. The fraction of sp³-hybridized carbons (Fsp3) is 1.00. The summed E-state index contributed by atoms with van der Waals surface area (Å²) in [7, 11) is 3.40. The summed E-state index contributed by atoms with van der Waals surface area (Å²) in [6, 6.07) is 0. The van der Waals surface area contributed by atoms with Crippen LogP contribution in [0, 0.1) is 0 Å². The molecular formula is C8H21NOS. The van der Waals surface area contributed by atoms with E-state index < -0.39 is 10.8 Å². The van der Waals surface area contributed by atoms with Gasteiger partial charge in [-0.15, -0.1) is 0 Å². The van der Waals surface area contributed by atoms with Gasteiger partial charge in [-0.1, -0.05) is 20.8 Å². The van der Waals surface area contributed by atoms with Gasteiger partial charge in [0, 0.05) is 28.9 Å². The van der Waals surface area contributed by atoms with Gasteiger partial charge in [0.2, 0.25) is 0 Å². The van der Waals surface area contributed by atoms with E-state index in [1.807, 2.05) is 39.8 Å². The van der Waals surface area contributed by atoms with E-state index in [2.05, 4.69) is 0 Å². The Labute approximate surface area is 73.4 Å². The molecule has 0 N–H and O–H groups in total. The van der Waals surface area contributed by atoms with Crippen molar-refractivity contribution in [3.05, 3.63) is 0 Å². The lowest BCUT2D eigenvalue weighted by Gasteiger charge is -2.06. The maximum atomic E-state index is 10.8. The zero-order valence-corrected chi connectivity index (χ0v) is 9.20. The lowest BCUT2D eigenvalue weighted by atomic mass is 10.7. The van der Waals surface area contributed by atoms with Crippen molar-refractivity contribution in [2.75, 3.05) is 32.1 Å². The van der Waals surface area contributed by atoms with E-state index >= 15 is 0 Å². The highest BCUT2D eigenvalue weighted by molar-refractivity contribution is 7.84. The minimum atomic E-state index is -0.589. The number of nitrogens with zero attached hydrogens (tertiary/aromatic N) is 1. The first-order valence-electron chi connectivity index (χ1n) is 4.16. The summed E-state index contributed by atoms with van der Waals surface area (Å²) in [5.41, 5.74) is 0. The zero-order valence-electron chi connectivity index (χ0n) is 8.39. The van der Waals surface area contributed by atoms with Crippen LogP contribution in [0.15, 0.2) is 0 Å². The van der Waals surface area contributed by atoms with Crippen LogP contribution < -0.4 is 0 Å². The Bertz CT molecular complexity index is 94.1. The molecule has 0 radical (unpaired) electrons. The monoisotopic (exact) mass is 179 g/mol. The highest BCUT2D eigenvalue weighted by Crippen LogP contribution is 1.82. The summed E-state index contributed by atoms with van der Waals surface area (Å²) in [5.74, 6) is 1.59. The average molecular weight is 179 g/mol. The molecule has 11 heavy (non-hydrogen) atoms. The predicted molar refractivity (Wildman–Crippen MR) is 53.5 cm³/mol. The second kappa shape index (κ2) is 10.1. The molecule has 3 heteroatoms. The zero-order chi connectivity index (χ0) is 9.28. The van der Waals surface area contributed by atoms with Gasteiger partial charge < -0.3 is 4.90 Å². The Morgan fingerprint density at radius 1 is 1.27 bits per heavy atom. The van der Waals surface area contributed by atoms with Gasteiger partial charge in [-0.05, 0) is 14.1 Å². The van der Waals surface area contributed by atoms with Gasteiger partial charge in [-0.25, -0.2) is 0 Å². The topological polar surface area (TPSA) is 20.3 Å². The molecule has 0 spiro atoms. The third-order valence-electron chi connectivity index (χ3n) is 1.09. The molecule has 0 fully saturated rings. The van der Waals surface area contributed by atoms with Crippen molar-refractivity contribution >= 4 is 10.8 Å². The van der Waals surface area contributed by atoms with Crippen LogP contribution in [-0.2, 0) is 10.8 Å². The van der Waals surface area contributed by atoms with Crippen LogP contribution in [0.4, 0.5) is 0 Å². The molecule has 0 bridgehead atoms. The van der Waals surface area contributed by atoms with E-state index in [-0.39, 0.29) is 0 Å². The Hall–Kier alpha value is 0.110. The first-order valence-corrected chi connectivity index (χ1v) is 5.65. The smallest absolute Gasteiger partial charge is 0.0362 e. The quantitative estimate of drug-likeness (QED) is 0.649. The Morgan fingerprint density at radius 3 is 2.00 bits per heavy atom. The Balaban J connectivity index is 0. The maximum Gasteiger partial charge on any atom is 0.0362 e. The highest BCUT2D eigenvalue weighted by atomic mass is 32.2. The SMILES string of the molecule is CC.CCS(=O)CCN(C)C. The number of hydrogen-bond donors (Lipinski definition) is 0. The van der Waals surface area contributed by atoms with Gasteiger partial charge in [0.1, 0.15) is 0 Å². The van der Waals surface area contributed by atoms with Gasteiger partial charge in [-0.2, -0.15) is 0 Å². The van der Waals surface area contributed by atoms with Crippen LogP contribution >= 0.6 is 0 Å². The summed E-state index contributed by atoms with van der Waals surface area (Å²) in [6.45, 7) is 6.88. The molecule has 0 aliphatic carbocycles. The van der Waals surface area contributed by atoms with Crippen molar-refractivity contribution in [1.82, 2.24) is 4.90 Å². The van der Waals surface area contributed by atoms with E-state index in [0.29, 0.717) is 0 Å². The van der Waals surface area contributed by atoms with Crippen molar-refractivity contribution in [2.45, 2.75) is 20.8 Å². The molecule has 0 aliphatic heterocycles. The van der Waals surface area contributed by atoms with Crippen molar-refractivity contribution in [3.63, 3.8) is 0 Å². The van der Waals surface area contributed by atoms with Crippen LogP contribution in [0.3, 0.4) is 0 Å². The Morgan fingerprint density at radius 2 is 1.73 bits per heavy atom. The molecule has 70 valence electrons. The molecule has 0 aromatic heterocycles. The third kappa shape index (κ3) is 13.2. The largest absolute Gasteiger partial charge is 0.308 e. The van der Waals surface area contributed by atoms with Gasteiger partial charge in [0.15, 0.2) is 0 Å². The molecular weight excluding hydrogens is 158 g/mol. The van der Waals surface area contributed by atoms with Crippen molar-refractivity contribution in [2.24, 2.45) is 0 Å². The molecule has 0 aromatic rings. The van der Waals surface area contributed by atoms with Gasteiger partial charge >= 0.3 is 0 Å². The summed E-state index contributed by atoms with van der Waals surface area (Å²) < 4.78 is 10.8. The lowest BCUT2D eigenvalue weighted by Crippen LogP contribution is -2.19. The predicted octanol–water partition coefficient (Wildman–Crippen LogP) is 1.34. The Kier molecular flexibility index (Phi) is 12.6. The molecule has 0 aromatic carbocycles. The normalized spacial score (nSPS) is 12.2. The van der Waals surface area contributed by atoms with Crippen LogP contribution in [0.1, 0.15) is 20.8 Å². The van der Waals surface area contributed by atoms with Crippen molar-refractivity contribution in [1.29, 1.82) is 0 Å². The molecule has 0 heterocycles. The van der Waals surface area contributed by atoms with Crippen LogP contribution in [0.5, 0.6) is 0 Å². The van der Waals surface area contributed by atoms with E-state index in [1.54, 1.807) is 0 Å². The molecule has 0 amide bonds. The summed E-state index contributed by atoms with van der Waals surface area (Å²) in [6.07, 6.45) is 0. The standard InChI is InChI=1S/C6H15NOS.C2H6/c1-4-9(8)6-5-7(2)3;1-2/h4-6H2,1-3H3;1-2H3. The lowest BCUT2D eigenvalue weighted by molar-refractivity contribution is 0.435. The molecule has 0 saturated carbocycles. The molecule has 0 saturated heterocycles. The first-order chi connectivity index (χ1) is 5.16. The van der Waals surface area contributed by atoms with Crippen LogP contribution in [-0.4, -0.2) is 41.3 Å². The van der Waals surface area contributed by atoms with Gasteiger partial charge in [0.25, 0.3) is 0 Å². The van der Waals surface area contributed by atoms with Crippen LogP contribution in [0.25, 0.3) is 0 Å². The molecule has 0 rings (SSSR count). The average Bonchev–Trinajstić information content (AvgIpc) is 2.04. The molecule has 1 atom stereocenters. The number of rotatable bonds is 4. The van der Waals surface area contributed by atoms with Crippen molar-refractivity contribution < 1.29 is 4.21 Å². The second-order valence-corrected chi connectivity index (χ2v) is 4.10. The van der Waals surface area contributed by atoms with E-state index in [9.17, 15) is 4.21 Å². The summed E-state index contributed by atoms with van der Waals surface area (Å²) >= 11 is 0. The molecule has 0 aliphatic rings. The minimum Gasteiger partial charge on any atom is -0.308 e. The molecule has 2 nitrogen and oxygen atoms in total. The fourth-order valence-electron chi connectivity index (χ4n) is 0.429. The van der Waals surface area contributed by atoms with E-state index in [1.165, 1.54) is 0 Å². The minimum absolute atomic E-state index is 0.589. The molecule has 1 unspecified atom stereocenters. The van der Waals surface area contributed by atoms with E-state index in [0.717, 1.165) is 18.1 Å². The highest BCUT2D eigenvalue weighted by Gasteiger charge is 1.95. The summed E-state index contributed by atoms with van der Waals surface area (Å²) in [5, 5.41) is 0. The third-order valence-corrected chi connectivity index (χ3v) is 2.37. The van der Waals surface area contributed by atoms with Crippen LogP contribution in [0.2, 0.25) is 0 Å². The van der Waals surface area contributed by atoms with E-state index in [4.69, 9.17) is 0 Å².